The fraction of sp³-hybridized carbons (Fsp3) is 0.902. The molecule has 67 heavy (non-hydrogen) atoms. The van der Waals surface area contributed by atoms with Crippen molar-refractivity contribution in [2.24, 2.45) is 0 Å². The molecule has 0 aliphatic carbocycles. The van der Waals surface area contributed by atoms with Crippen molar-refractivity contribution >= 4 is 11.9 Å². The molecule has 0 aliphatic rings. The number of carbonyl (C=O) groups excluding carboxylic acids is 2. The van der Waals surface area contributed by atoms with Gasteiger partial charge in [-0.2, -0.15) is 0 Å². The van der Waals surface area contributed by atoms with Crippen molar-refractivity contribution in [3.63, 3.8) is 0 Å². The monoisotopic (exact) mass is 944 g/mol. The molecule has 0 aromatic carbocycles. The van der Waals surface area contributed by atoms with Crippen molar-refractivity contribution in [2.45, 2.75) is 341 Å². The number of carbonyl (C=O) groups is 2. The Hall–Kier alpha value is -1.66. The summed E-state index contributed by atoms with van der Waals surface area (Å²) in [6, 6.07) is -0.633. The molecule has 0 rings (SSSR count). The van der Waals surface area contributed by atoms with Crippen LogP contribution in [0.15, 0.2) is 24.3 Å². The summed E-state index contributed by atoms with van der Waals surface area (Å²) in [6.45, 7) is 4.91. The second kappa shape index (κ2) is 56.9. The van der Waals surface area contributed by atoms with E-state index in [0.29, 0.717) is 19.4 Å². The largest absolute Gasteiger partial charge is 0.466 e. The molecule has 6 nitrogen and oxygen atoms in total. The second-order valence-corrected chi connectivity index (χ2v) is 20.7. The maximum Gasteiger partial charge on any atom is 0.305 e. The Morgan fingerprint density at radius 3 is 1.06 bits per heavy atom. The van der Waals surface area contributed by atoms with E-state index in [4.69, 9.17) is 4.74 Å². The van der Waals surface area contributed by atoms with Gasteiger partial charge in [-0.05, 0) is 57.8 Å². The van der Waals surface area contributed by atoms with E-state index >= 15 is 0 Å². The van der Waals surface area contributed by atoms with Crippen molar-refractivity contribution in [3.05, 3.63) is 24.3 Å². The van der Waals surface area contributed by atoms with Gasteiger partial charge in [0.1, 0.15) is 0 Å². The molecule has 1 amide bonds. The highest BCUT2D eigenvalue weighted by atomic mass is 16.5. The first-order valence-electron chi connectivity index (χ1n) is 30.1. The fourth-order valence-corrected chi connectivity index (χ4v) is 9.34. The lowest BCUT2D eigenvalue weighted by Gasteiger charge is -2.20. The van der Waals surface area contributed by atoms with E-state index in [1.165, 1.54) is 257 Å². The van der Waals surface area contributed by atoms with Crippen molar-refractivity contribution in [3.8, 4) is 0 Å². The van der Waals surface area contributed by atoms with E-state index in [0.717, 1.165) is 44.9 Å². The van der Waals surface area contributed by atoms with E-state index in [1.54, 1.807) is 6.08 Å². The molecule has 0 saturated carbocycles. The van der Waals surface area contributed by atoms with Gasteiger partial charge in [-0.1, -0.05) is 282 Å². The molecule has 0 heterocycles. The van der Waals surface area contributed by atoms with Crippen LogP contribution in [0.2, 0.25) is 0 Å². The Morgan fingerprint density at radius 2 is 0.701 bits per heavy atom. The highest BCUT2D eigenvalue weighted by Crippen LogP contribution is 2.17. The van der Waals surface area contributed by atoms with Crippen LogP contribution in [0, 0.1) is 0 Å². The van der Waals surface area contributed by atoms with Crippen LogP contribution in [0.1, 0.15) is 328 Å². The number of hydrogen-bond acceptors (Lipinski definition) is 5. The zero-order chi connectivity index (χ0) is 48.6. The Balaban J connectivity index is 3.44. The van der Waals surface area contributed by atoms with Gasteiger partial charge in [0.2, 0.25) is 5.91 Å². The van der Waals surface area contributed by atoms with E-state index in [-0.39, 0.29) is 18.5 Å². The number of rotatable bonds is 56. The first-order valence-corrected chi connectivity index (χ1v) is 30.1. The van der Waals surface area contributed by atoms with Crippen LogP contribution in [-0.4, -0.2) is 47.4 Å². The molecule has 0 aromatic rings. The molecule has 0 aliphatic heterocycles. The van der Waals surface area contributed by atoms with Crippen LogP contribution in [-0.2, 0) is 14.3 Å². The number of esters is 1. The van der Waals surface area contributed by atoms with E-state index in [1.807, 2.05) is 6.08 Å². The van der Waals surface area contributed by atoms with Gasteiger partial charge in [-0.15, -0.1) is 0 Å². The number of amides is 1. The summed E-state index contributed by atoms with van der Waals surface area (Å²) in [6.07, 6.45) is 69.2. The standard InChI is InChI=1S/C61H117NO5/c1-3-5-7-9-11-13-15-17-26-29-33-37-41-45-49-53-59(64)58(57-63)62-60(65)54-50-46-42-38-34-30-27-24-22-20-19-21-23-25-28-32-36-40-44-48-52-56-67-61(66)55-51-47-43-39-35-31-18-16-14-12-10-8-6-4-2/h20,22,49,53,58-59,63-64H,3-19,21,23-48,50-52,54-57H2,1-2H3,(H,62,65)/b22-20-,53-49+. The first kappa shape index (κ1) is 65.3. The number of aliphatic hydroxyl groups excluding tert-OH is 2. The quantitative estimate of drug-likeness (QED) is 0.0321. The van der Waals surface area contributed by atoms with Crippen LogP contribution in [0.5, 0.6) is 0 Å². The number of nitrogens with one attached hydrogen (secondary N) is 1. The normalized spacial score (nSPS) is 12.7. The fourth-order valence-electron chi connectivity index (χ4n) is 9.34. The molecule has 0 spiro atoms. The number of hydrogen-bond donors (Lipinski definition) is 3. The van der Waals surface area contributed by atoms with Crippen LogP contribution in [0.3, 0.4) is 0 Å². The van der Waals surface area contributed by atoms with Gasteiger partial charge in [0.25, 0.3) is 0 Å². The van der Waals surface area contributed by atoms with Crippen LogP contribution in [0.4, 0.5) is 0 Å². The third kappa shape index (κ3) is 53.5. The van der Waals surface area contributed by atoms with Crippen LogP contribution >= 0.6 is 0 Å². The van der Waals surface area contributed by atoms with Gasteiger partial charge in [-0.25, -0.2) is 0 Å². The molecular formula is C61H117NO5. The molecule has 0 aromatic heterocycles. The predicted octanol–water partition coefficient (Wildman–Crippen LogP) is 18.6. The SMILES string of the molecule is CCCCCCCCCCCCCCC/C=C/C(O)C(CO)NC(=O)CCCCCCCCC/C=C\CCCCCCCCCCCCOC(=O)CCCCCCCCCCCCCCCC. The number of ether oxygens (including phenoxy) is 1. The molecule has 0 saturated heterocycles. The minimum atomic E-state index is -0.849. The Labute approximate surface area is 418 Å². The number of aliphatic hydroxyl groups is 2. The topological polar surface area (TPSA) is 95.9 Å². The Bertz CT molecular complexity index is 1040. The van der Waals surface area contributed by atoms with Gasteiger partial charge < -0.3 is 20.3 Å². The number of unbranched alkanes of at least 4 members (excludes halogenated alkanes) is 43. The Kier molecular flexibility index (Phi) is 55.5. The molecule has 2 unspecified atom stereocenters. The van der Waals surface area contributed by atoms with E-state index < -0.39 is 12.1 Å². The van der Waals surface area contributed by atoms with Gasteiger partial charge >= 0.3 is 5.97 Å². The van der Waals surface area contributed by atoms with Crippen molar-refractivity contribution in [1.82, 2.24) is 5.32 Å². The lowest BCUT2D eigenvalue weighted by molar-refractivity contribution is -0.143. The summed E-state index contributed by atoms with van der Waals surface area (Å²) in [4.78, 5) is 24.5. The smallest absolute Gasteiger partial charge is 0.305 e. The van der Waals surface area contributed by atoms with Crippen LogP contribution < -0.4 is 5.32 Å². The summed E-state index contributed by atoms with van der Waals surface area (Å²) >= 11 is 0. The zero-order valence-electron chi connectivity index (χ0n) is 45.1. The van der Waals surface area contributed by atoms with Crippen molar-refractivity contribution in [1.29, 1.82) is 0 Å². The van der Waals surface area contributed by atoms with Crippen LogP contribution in [0.25, 0.3) is 0 Å². The van der Waals surface area contributed by atoms with Gasteiger partial charge in [-0.3, -0.25) is 9.59 Å². The van der Waals surface area contributed by atoms with Gasteiger partial charge in [0, 0.05) is 12.8 Å². The van der Waals surface area contributed by atoms with Crippen molar-refractivity contribution in [2.75, 3.05) is 13.2 Å². The maximum absolute atomic E-state index is 12.5. The molecule has 0 fully saturated rings. The average Bonchev–Trinajstić information content (AvgIpc) is 3.33. The maximum atomic E-state index is 12.5. The lowest BCUT2D eigenvalue weighted by Crippen LogP contribution is -2.45. The number of allylic oxidation sites excluding steroid dienone is 3. The summed E-state index contributed by atoms with van der Waals surface area (Å²) in [5, 5.41) is 23.1. The van der Waals surface area contributed by atoms with Gasteiger partial charge in [0.15, 0.2) is 0 Å². The summed E-state index contributed by atoms with van der Waals surface area (Å²) in [5.74, 6) is -0.0643. The minimum absolute atomic E-state index is 0.0100. The molecule has 6 heteroatoms. The highest BCUT2D eigenvalue weighted by molar-refractivity contribution is 5.76. The second-order valence-electron chi connectivity index (χ2n) is 20.7. The van der Waals surface area contributed by atoms with E-state index in [9.17, 15) is 19.8 Å². The summed E-state index contributed by atoms with van der Waals surface area (Å²) in [5.41, 5.74) is 0. The zero-order valence-corrected chi connectivity index (χ0v) is 45.1. The Morgan fingerprint density at radius 1 is 0.403 bits per heavy atom. The third-order valence-electron chi connectivity index (χ3n) is 14.0. The minimum Gasteiger partial charge on any atom is -0.466 e. The lowest BCUT2D eigenvalue weighted by atomic mass is 10.0. The molecular weight excluding hydrogens is 827 g/mol. The van der Waals surface area contributed by atoms with Crippen molar-refractivity contribution < 1.29 is 24.5 Å². The summed E-state index contributed by atoms with van der Waals surface area (Å²) < 4.78 is 5.48. The third-order valence-corrected chi connectivity index (χ3v) is 14.0. The predicted molar refractivity (Wildman–Crippen MR) is 292 cm³/mol. The molecule has 0 bridgehead atoms. The molecule has 0 radical (unpaired) electrons. The summed E-state index contributed by atoms with van der Waals surface area (Å²) in [7, 11) is 0. The molecule has 2 atom stereocenters. The van der Waals surface area contributed by atoms with Gasteiger partial charge in [0.05, 0.1) is 25.4 Å². The molecule has 396 valence electrons. The van der Waals surface area contributed by atoms with E-state index in [2.05, 4.69) is 31.3 Å². The average molecular weight is 945 g/mol. The first-order chi connectivity index (χ1) is 33.0. The molecule has 3 N–H and O–H groups in total. The highest BCUT2D eigenvalue weighted by Gasteiger charge is 2.18.